The second kappa shape index (κ2) is 6.17. The molecule has 0 fully saturated rings. The summed E-state index contributed by atoms with van der Waals surface area (Å²) >= 11 is 0. The Hall–Kier alpha value is -3.02. The number of aromatic nitrogens is 2. The van der Waals surface area contributed by atoms with E-state index in [1.807, 2.05) is 30.3 Å². The van der Waals surface area contributed by atoms with E-state index >= 15 is 0 Å². The summed E-state index contributed by atoms with van der Waals surface area (Å²) in [5, 5.41) is 5.95. The fraction of sp³-hybridized carbons (Fsp3) is 0. The molecule has 3 aromatic rings. The zero-order chi connectivity index (χ0) is 15.4. The largest absolute Gasteiger partial charge is 0.340 e. The summed E-state index contributed by atoms with van der Waals surface area (Å²) in [4.78, 5) is 8.38. The molecule has 2 N–H and O–H groups in total. The third kappa shape index (κ3) is 3.35. The van der Waals surface area contributed by atoms with Gasteiger partial charge in [0.25, 0.3) is 0 Å². The highest BCUT2D eigenvalue weighted by Gasteiger charge is 2.04. The number of hydrogen-bond acceptors (Lipinski definition) is 4. The van der Waals surface area contributed by atoms with Gasteiger partial charge in [-0.3, -0.25) is 0 Å². The summed E-state index contributed by atoms with van der Waals surface area (Å²) in [6.45, 7) is 0. The van der Waals surface area contributed by atoms with Crippen LogP contribution in [0.2, 0.25) is 0 Å². The normalized spacial score (nSPS) is 10.3. The molecule has 0 aliphatic heterocycles. The summed E-state index contributed by atoms with van der Waals surface area (Å²) in [5.74, 6) is -0.931. The van der Waals surface area contributed by atoms with Crippen molar-refractivity contribution in [3.8, 4) is 0 Å². The monoisotopic (exact) mass is 298 g/mol. The molecule has 110 valence electrons. The van der Waals surface area contributed by atoms with Crippen LogP contribution in [0.25, 0.3) is 0 Å². The average Bonchev–Trinajstić information content (AvgIpc) is 2.52. The van der Waals surface area contributed by atoms with E-state index in [4.69, 9.17) is 0 Å². The topological polar surface area (TPSA) is 49.8 Å². The zero-order valence-electron chi connectivity index (χ0n) is 11.4. The lowest BCUT2D eigenvalue weighted by atomic mass is 10.3. The van der Waals surface area contributed by atoms with Crippen molar-refractivity contribution in [2.24, 2.45) is 0 Å². The number of benzene rings is 2. The first-order chi connectivity index (χ1) is 10.7. The molecule has 0 aliphatic rings. The third-order valence-electron chi connectivity index (χ3n) is 2.88. The van der Waals surface area contributed by atoms with Gasteiger partial charge in [-0.2, -0.15) is 4.98 Å². The molecule has 0 radical (unpaired) electrons. The zero-order valence-corrected chi connectivity index (χ0v) is 11.4. The van der Waals surface area contributed by atoms with E-state index in [-0.39, 0.29) is 0 Å². The van der Waals surface area contributed by atoms with Crippen molar-refractivity contribution in [1.29, 1.82) is 0 Å². The Kier molecular flexibility index (Phi) is 3.91. The number of nitrogens with one attached hydrogen (secondary N) is 2. The molecular formula is C16H12F2N4. The van der Waals surface area contributed by atoms with Crippen LogP contribution in [0.3, 0.4) is 0 Å². The van der Waals surface area contributed by atoms with Gasteiger partial charge in [-0.1, -0.05) is 18.2 Å². The fourth-order valence-corrected chi connectivity index (χ4v) is 1.86. The molecule has 6 heteroatoms. The first-order valence-electron chi connectivity index (χ1n) is 6.58. The molecule has 0 amide bonds. The van der Waals surface area contributed by atoms with Crippen molar-refractivity contribution < 1.29 is 8.78 Å². The molecule has 22 heavy (non-hydrogen) atoms. The predicted octanol–water partition coefficient (Wildman–Crippen LogP) is 4.24. The minimum Gasteiger partial charge on any atom is -0.340 e. The van der Waals surface area contributed by atoms with Gasteiger partial charge in [0.1, 0.15) is 5.82 Å². The minimum atomic E-state index is -0.915. The van der Waals surface area contributed by atoms with E-state index in [0.29, 0.717) is 17.5 Å². The molecule has 1 aromatic heterocycles. The molecule has 0 saturated carbocycles. The van der Waals surface area contributed by atoms with E-state index in [9.17, 15) is 8.78 Å². The van der Waals surface area contributed by atoms with Crippen molar-refractivity contribution in [2.75, 3.05) is 10.6 Å². The highest BCUT2D eigenvalue weighted by atomic mass is 19.2. The van der Waals surface area contributed by atoms with Crippen LogP contribution in [-0.4, -0.2) is 9.97 Å². The SMILES string of the molecule is Fc1ccc(Nc2ccnc(Nc3ccccc3)n2)cc1F. The maximum Gasteiger partial charge on any atom is 0.229 e. The van der Waals surface area contributed by atoms with Crippen molar-refractivity contribution in [3.63, 3.8) is 0 Å². The quantitative estimate of drug-likeness (QED) is 0.756. The van der Waals surface area contributed by atoms with E-state index in [0.717, 1.165) is 17.8 Å². The Labute approximate surface area is 125 Å². The lowest BCUT2D eigenvalue weighted by Crippen LogP contribution is -2.00. The number of halogens is 2. The van der Waals surface area contributed by atoms with Crippen LogP contribution in [0.1, 0.15) is 0 Å². The second-order valence-electron chi connectivity index (χ2n) is 4.51. The third-order valence-corrected chi connectivity index (χ3v) is 2.88. The van der Waals surface area contributed by atoms with Gasteiger partial charge in [-0.05, 0) is 30.3 Å². The number of rotatable bonds is 4. The fourth-order valence-electron chi connectivity index (χ4n) is 1.86. The van der Waals surface area contributed by atoms with Gasteiger partial charge in [0, 0.05) is 23.6 Å². The van der Waals surface area contributed by atoms with Crippen LogP contribution in [0.15, 0.2) is 60.8 Å². The first kappa shape index (κ1) is 13.9. The Morgan fingerprint density at radius 1 is 0.773 bits per heavy atom. The van der Waals surface area contributed by atoms with Crippen LogP contribution in [-0.2, 0) is 0 Å². The molecule has 0 spiro atoms. The Morgan fingerprint density at radius 3 is 2.36 bits per heavy atom. The molecule has 3 rings (SSSR count). The van der Waals surface area contributed by atoms with Gasteiger partial charge in [-0.25, -0.2) is 13.8 Å². The van der Waals surface area contributed by atoms with Crippen molar-refractivity contribution in [3.05, 3.63) is 72.4 Å². The Bertz CT molecular complexity index is 778. The van der Waals surface area contributed by atoms with Gasteiger partial charge < -0.3 is 10.6 Å². The van der Waals surface area contributed by atoms with E-state index in [1.54, 1.807) is 12.3 Å². The lowest BCUT2D eigenvalue weighted by molar-refractivity contribution is 0.509. The minimum absolute atomic E-state index is 0.402. The van der Waals surface area contributed by atoms with Gasteiger partial charge >= 0.3 is 0 Å². The molecule has 0 aliphatic carbocycles. The predicted molar refractivity (Wildman–Crippen MR) is 81.4 cm³/mol. The van der Waals surface area contributed by atoms with Crippen molar-refractivity contribution in [2.45, 2.75) is 0 Å². The Balaban J connectivity index is 1.77. The van der Waals surface area contributed by atoms with Crippen molar-refractivity contribution in [1.82, 2.24) is 9.97 Å². The summed E-state index contributed by atoms with van der Waals surface area (Å²) < 4.78 is 26.1. The summed E-state index contributed by atoms with van der Waals surface area (Å²) in [5.41, 5.74) is 1.26. The van der Waals surface area contributed by atoms with E-state index in [2.05, 4.69) is 20.6 Å². The number of anilines is 4. The van der Waals surface area contributed by atoms with Crippen LogP contribution < -0.4 is 10.6 Å². The average molecular weight is 298 g/mol. The van der Waals surface area contributed by atoms with E-state index < -0.39 is 11.6 Å². The van der Waals surface area contributed by atoms with Gasteiger partial charge in [-0.15, -0.1) is 0 Å². The highest BCUT2D eigenvalue weighted by molar-refractivity contribution is 5.59. The van der Waals surface area contributed by atoms with Gasteiger partial charge in [0.2, 0.25) is 5.95 Å². The summed E-state index contributed by atoms with van der Waals surface area (Å²) in [7, 11) is 0. The Morgan fingerprint density at radius 2 is 1.59 bits per heavy atom. The standard InChI is InChI=1S/C16H12F2N4/c17-13-7-6-12(10-14(13)18)20-15-8-9-19-16(22-15)21-11-4-2-1-3-5-11/h1-10H,(H2,19,20,21,22). The second-order valence-corrected chi connectivity index (χ2v) is 4.51. The van der Waals surface area contributed by atoms with E-state index in [1.165, 1.54) is 6.07 Å². The molecule has 1 heterocycles. The number of hydrogen-bond donors (Lipinski definition) is 2. The molecule has 4 nitrogen and oxygen atoms in total. The molecule has 0 saturated heterocycles. The van der Waals surface area contributed by atoms with Gasteiger partial charge in [0.05, 0.1) is 0 Å². The summed E-state index contributed by atoms with van der Waals surface area (Å²) in [6.07, 6.45) is 1.57. The smallest absolute Gasteiger partial charge is 0.229 e. The maximum absolute atomic E-state index is 13.2. The highest BCUT2D eigenvalue weighted by Crippen LogP contribution is 2.19. The van der Waals surface area contributed by atoms with Gasteiger partial charge in [0.15, 0.2) is 11.6 Å². The maximum atomic E-state index is 13.2. The summed E-state index contributed by atoms with van der Waals surface area (Å²) in [6, 6.07) is 14.7. The number of nitrogens with zero attached hydrogens (tertiary/aromatic N) is 2. The molecule has 0 atom stereocenters. The lowest BCUT2D eigenvalue weighted by Gasteiger charge is -2.08. The molecule has 2 aromatic carbocycles. The first-order valence-corrected chi connectivity index (χ1v) is 6.58. The van der Waals surface area contributed by atoms with Crippen LogP contribution >= 0.6 is 0 Å². The number of para-hydroxylation sites is 1. The van der Waals surface area contributed by atoms with Crippen LogP contribution in [0.5, 0.6) is 0 Å². The molecule has 0 unspecified atom stereocenters. The van der Waals surface area contributed by atoms with Crippen molar-refractivity contribution >= 4 is 23.1 Å². The van der Waals surface area contributed by atoms with Crippen LogP contribution in [0, 0.1) is 11.6 Å². The van der Waals surface area contributed by atoms with Crippen LogP contribution in [0.4, 0.5) is 31.9 Å². The molecular weight excluding hydrogens is 286 g/mol. The molecule has 0 bridgehead atoms.